The molecule has 1 aliphatic carbocycles. The second-order valence-corrected chi connectivity index (χ2v) is 7.95. The van der Waals surface area contributed by atoms with Crippen LogP contribution < -0.4 is 5.73 Å². The molecule has 2 N–H and O–H groups in total. The second-order valence-electron chi connectivity index (χ2n) is 5.66. The Morgan fingerprint density at radius 3 is 2.35 bits per heavy atom. The lowest BCUT2D eigenvalue weighted by atomic mass is 9.83. The van der Waals surface area contributed by atoms with E-state index in [0.29, 0.717) is 0 Å². The van der Waals surface area contributed by atoms with Gasteiger partial charge in [-0.2, -0.15) is 0 Å². The first kappa shape index (κ1) is 14.3. The smallest absolute Gasteiger partial charge is 0.0701 e. The molecular formula is C17H20BrNS. The minimum absolute atomic E-state index is 0.0158. The van der Waals surface area contributed by atoms with Gasteiger partial charge in [-0.05, 0) is 62.8 Å². The van der Waals surface area contributed by atoms with E-state index >= 15 is 0 Å². The first-order valence-corrected chi connectivity index (χ1v) is 9.00. The average Bonchev–Trinajstić information content (AvgIpc) is 2.94. The molecule has 20 heavy (non-hydrogen) atoms. The van der Waals surface area contributed by atoms with Crippen LogP contribution in [0.2, 0.25) is 0 Å². The molecule has 106 valence electrons. The molecule has 0 bridgehead atoms. The molecule has 1 aliphatic rings. The summed E-state index contributed by atoms with van der Waals surface area (Å²) in [5.41, 5.74) is 10.2. The summed E-state index contributed by atoms with van der Waals surface area (Å²) >= 11 is 5.19. The molecule has 1 saturated carbocycles. The van der Waals surface area contributed by atoms with Gasteiger partial charge in [0.15, 0.2) is 0 Å². The van der Waals surface area contributed by atoms with Crippen LogP contribution in [0, 0.1) is 0 Å². The molecule has 3 heteroatoms. The van der Waals surface area contributed by atoms with Crippen LogP contribution in [-0.2, 0) is 0 Å². The fourth-order valence-corrected chi connectivity index (χ4v) is 4.30. The Labute approximate surface area is 133 Å². The zero-order valence-corrected chi connectivity index (χ0v) is 13.9. The van der Waals surface area contributed by atoms with E-state index in [1.54, 1.807) is 11.3 Å². The number of nitrogens with two attached hydrogens (primary N) is 1. The van der Waals surface area contributed by atoms with Crippen LogP contribution >= 0.6 is 27.3 Å². The minimum atomic E-state index is -0.0158. The standard InChI is InChI=1S/C17H20BrNS/c18-16-10-15(11-20-16)17(19)14-8-6-13(7-9-14)12-4-2-1-3-5-12/h6-12,17H,1-5,19H2. The fraction of sp³-hybridized carbons (Fsp3) is 0.412. The zero-order chi connectivity index (χ0) is 13.9. The Hall–Kier alpha value is -0.640. The molecule has 0 amide bonds. The maximum atomic E-state index is 6.34. The molecule has 0 spiro atoms. The molecule has 1 nitrogen and oxygen atoms in total. The van der Waals surface area contributed by atoms with Crippen molar-refractivity contribution in [2.75, 3.05) is 0 Å². The van der Waals surface area contributed by atoms with Crippen LogP contribution in [0.4, 0.5) is 0 Å². The van der Waals surface area contributed by atoms with Crippen LogP contribution in [0.3, 0.4) is 0 Å². The summed E-state index contributed by atoms with van der Waals surface area (Å²) in [4.78, 5) is 0. The number of halogens is 1. The summed E-state index contributed by atoms with van der Waals surface area (Å²) < 4.78 is 1.14. The minimum Gasteiger partial charge on any atom is -0.320 e. The Balaban J connectivity index is 1.75. The van der Waals surface area contributed by atoms with Crippen molar-refractivity contribution in [3.63, 3.8) is 0 Å². The van der Waals surface area contributed by atoms with Gasteiger partial charge in [-0.3, -0.25) is 0 Å². The second kappa shape index (κ2) is 6.42. The van der Waals surface area contributed by atoms with E-state index in [9.17, 15) is 0 Å². The summed E-state index contributed by atoms with van der Waals surface area (Å²) in [5, 5.41) is 2.13. The molecule has 3 rings (SSSR count). The predicted octanol–water partition coefficient (Wildman–Crippen LogP) is 5.61. The summed E-state index contributed by atoms with van der Waals surface area (Å²) in [6, 6.07) is 11.1. The van der Waals surface area contributed by atoms with Gasteiger partial charge < -0.3 is 5.73 Å². The average molecular weight is 350 g/mol. The number of benzene rings is 1. The highest BCUT2D eigenvalue weighted by atomic mass is 79.9. The lowest BCUT2D eigenvalue weighted by Gasteiger charge is -2.22. The van der Waals surface area contributed by atoms with Crippen LogP contribution in [0.5, 0.6) is 0 Å². The van der Waals surface area contributed by atoms with Crippen molar-refractivity contribution in [2.24, 2.45) is 5.73 Å². The summed E-state index contributed by atoms with van der Waals surface area (Å²) in [6.07, 6.45) is 6.88. The highest BCUT2D eigenvalue weighted by molar-refractivity contribution is 9.11. The molecule has 1 unspecified atom stereocenters. The van der Waals surface area contributed by atoms with Gasteiger partial charge in [0.2, 0.25) is 0 Å². The first-order valence-electron chi connectivity index (χ1n) is 7.33. The largest absolute Gasteiger partial charge is 0.320 e. The van der Waals surface area contributed by atoms with Crippen LogP contribution in [0.1, 0.15) is 60.8 Å². The van der Waals surface area contributed by atoms with Crippen molar-refractivity contribution in [2.45, 2.75) is 44.1 Å². The van der Waals surface area contributed by atoms with Gasteiger partial charge in [0, 0.05) is 0 Å². The van der Waals surface area contributed by atoms with E-state index in [1.165, 1.54) is 48.8 Å². The number of hydrogen-bond donors (Lipinski definition) is 1. The van der Waals surface area contributed by atoms with Crippen molar-refractivity contribution in [3.05, 3.63) is 56.2 Å². The molecule has 1 fully saturated rings. The fourth-order valence-electron chi connectivity index (χ4n) is 3.09. The van der Waals surface area contributed by atoms with Gasteiger partial charge in [-0.15, -0.1) is 11.3 Å². The molecule has 1 heterocycles. The summed E-state index contributed by atoms with van der Waals surface area (Å²) in [7, 11) is 0. The van der Waals surface area contributed by atoms with E-state index in [-0.39, 0.29) is 6.04 Å². The topological polar surface area (TPSA) is 26.0 Å². The predicted molar refractivity (Wildman–Crippen MR) is 90.3 cm³/mol. The van der Waals surface area contributed by atoms with E-state index < -0.39 is 0 Å². The molecule has 2 aromatic rings. The van der Waals surface area contributed by atoms with E-state index in [4.69, 9.17) is 5.73 Å². The van der Waals surface area contributed by atoms with Crippen molar-refractivity contribution in [1.82, 2.24) is 0 Å². The van der Waals surface area contributed by atoms with Crippen molar-refractivity contribution in [1.29, 1.82) is 0 Å². The maximum Gasteiger partial charge on any atom is 0.0701 e. The number of rotatable bonds is 3. The third kappa shape index (κ3) is 3.16. The van der Waals surface area contributed by atoms with E-state index in [2.05, 4.69) is 51.6 Å². The molecular weight excluding hydrogens is 330 g/mol. The Bertz CT molecular complexity index is 555. The Morgan fingerprint density at radius 1 is 1.05 bits per heavy atom. The quantitative estimate of drug-likeness (QED) is 0.765. The zero-order valence-electron chi connectivity index (χ0n) is 11.5. The lowest BCUT2D eigenvalue weighted by molar-refractivity contribution is 0.443. The summed E-state index contributed by atoms with van der Waals surface area (Å²) in [5.74, 6) is 0.768. The van der Waals surface area contributed by atoms with Crippen molar-refractivity contribution in [3.8, 4) is 0 Å². The van der Waals surface area contributed by atoms with E-state index in [1.807, 2.05) is 0 Å². The Kier molecular flexibility index (Phi) is 4.59. The molecule has 1 aromatic heterocycles. The lowest BCUT2D eigenvalue weighted by Crippen LogP contribution is -2.11. The van der Waals surface area contributed by atoms with Crippen LogP contribution in [-0.4, -0.2) is 0 Å². The van der Waals surface area contributed by atoms with Gasteiger partial charge >= 0.3 is 0 Å². The monoisotopic (exact) mass is 349 g/mol. The molecule has 0 saturated heterocycles. The van der Waals surface area contributed by atoms with Gasteiger partial charge in [0.25, 0.3) is 0 Å². The third-order valence-corrected chi connectivity index (χ3v) is 5.84. The first-order chi connectivity index (χ1) is 9.74. The van der Waals surface area contributed by atoms with Gasteiger partial charge in [-0.25, -0.2) is 0 Å². The normalized spacial score (nSPS) is 18.1. The number of thiophene rings is 1. The van der Waals surface area contributed by atoms with Gasteiger partial charge in [0.1, 0.15) is 0 Å². The van der Waals surface area contributed by atoms with Crippen LogP contribution in [0.25, 0.3) is 0 Å². The third-order valence-electron chi connectivity index (χ3n) is 4.32. The molecule has 0 radical (unpaired) electrons. The SMILES string of the molecule is NC(c1ccc(C2CCCCC2)cc1)c1csc(Br)c1. The number of hydrogen-bond acceptors (Lipinski definition) is 2. The van der Waals surface area contributed by atoms with Gasteiger partial charge in [-0.1, -0.05) is 43.5 Å². The highest BCUT2D eigenvalue weighted by Gasteiger charge is 2.16. The molecule has 1 aromatic carbocycles. The maximum absolute atomic E-state index is 6.34. The summed E-state index contributed by atoms with van der Waals surface area (Å²) in [6.45, 7) is 0. The van der Waals surface area contributed by atoms with Crippen LogP contribution in [0.15, 0.2) is 39.5 Å². The van der Waals surface area contributed by atoms with Gasteiger partial charge in [0.05, 0.1) is 9.83 Å². The van der Waals surface area contributed by atoms with E-state index in [0.717, 1.165) is 9.70 Å². The van der Waals surface area contributed by atoms with Crippen molar-refractivity contribution < 1.29 is 0 Å². The highest BCUT2D eigenvalue weighted by Crippen LogP contribution is 2.34. The Morgan fingerprint density at radius 2 is 1.75 bits per heavy atom. The molecule has 0 aliphatic heterocycles. The molecule has 1 atom stereocenters. The van der Waals surface area contributed by atoms with Crippen molar-refractivity contribution >= 4 is 27.3 Å².